The first-order valence-electron chi connectivity index (χ1n) is 7.83. The van der Waals surface area contributed by atoms with Gasteiger partial charge in [-0.2, -0.15) is 0 Å². The summed E-state index contributed by atoms with van der Waals surface area (Å²) in [5.41, 5.74) is 1.14. The molecule has 0 saturated carbocycles. The molecule has 2 rings (SSSR count). The quantitative estimate of drug-likeness (QED) is 0.722. The van der Waals surface area contributed by atoms with Crippen molar-refractivity contribution in [3.63, 3.8) is 0 Å². The van der Waals surface area contributed by atoms with Crippen LogP contribution in [0.25, 0.3) is 0 Å². The largest absolute Gasteiger partial charge is 0.497 e. The summed E-state index contributed by atoms with van der Waals surface area (Å²) in [7, 11) is 1.64. The third-order valence-electron chi connectivity index (χ3n) is 3.52. The van der Waals surface area contributed by atoms with Gasteiger partial charge in [-0.1, -0.05) is 12.1 Å². The molecule has 0 aliphatic carbocycles. The fourth-order valence-electron chi connectivity index (χ4n) is 2.18. The lowest BCUT2D eigenvalue weighted by molar-refractivity contribution is 0.102. The van der Waals surface area contributed by atoms with Crippen molar-refractivity contribution in [2.24, 2.45) is 0 Å². The summed E-state index contributed by atoms with van der Waals surface area (Å²) in [5.74, 6) is 0.904. The van der Waals surface area contributed by atoms with E-state index in [9.17, 15) is 9.59 Å². The van der Waals surface area contributed by atoms with Gasteiger partial charge < -0.3 is 15.4 Å². The lowest BCUT2D eigenvalue weighted by atomic mass is 10.1. The van der Waals surface area contributed by atoms with Crippen molar-refractivity contribution in [2.75, 3.05) is 20.2 Å². The highest BCUT2D eigenvalue weighted by Gasteiger charge is 2.05. The smallest absolute Gasteiger partial charge is 0.314 e. The lowest BCUT2D eigenvalue weighted by Crippen LogP contribution is -2.37. The molecule has 1 heterocycles. The summed E-state index contributed by atoms with van der Waals surface area (Å²) in [5, 5.41) is 5.66. The Morgan fingerprint density at radius 2 is 1.67 bits per heavy atom. The fraction of sp³-hybridized carbons (Fsp3) is 0.333. The molecule has 0 aliphatic heterocycles. The van der Waals surface area contributed by atoms with Gasteiger partial charge in [0.05, 0.1) is 12.0 Å². The number of methoxy groups -OCH3 is 1. The van der Waals surface area contributed by atoms with E-state index in [0.29, 0.717) is 13.1 Å². The highest BCUT2D eigenvalue weighted by Crippen LogP contribution is 2.17. The number of hydrogen-bond donors (Lipinski definition) is 2. The third kappa shape index (κ3) is 5.70. The zero-order valence-corrected chi connectivity index (χ0v) is 14.7. The van der Waals surface area contributed by atoms with Gasteiger partial charge in [0.1, 0.15) is 5.75 Å². The van der Waals surface area contributed by atoms with Gasteiger partial charge in [0.25, 0.3) is 0 Å². The molecule has 0 radical (unpaired) electrons. The number of nitrogens with one attached hydrogen (secondary N) is 2. The Hall–Kier alpha value is -2.34. The van der Waals surface area contributed by atoms with E-state index in [4.69, 9.17) is 4.74 Å². The average molecular weight is 346 g/mol. The number of rotatable bonds is 8. The Labute approximate surface area is 146 Å². The van der Waals surface area contributed by atoms with Crippen LogP contribution < -0.4 is 15.4 Å². The molecule has 2 amide bonds. The summed E-state index contributed by atoms with van der Waals surface area (Å²) in [6.45, 7) is 2.68. The van der Waals surface area contributed by atoms with Crippen LogP contribution in [0.5, 0.6) is 5.75 Å². The van der Waals surface area contributed by atoms with E-state index in [1.54, 1.807) is 14.0 Å². The van der Waals surface area contributed by atoms with Crippen LogP contribution in [0.4, 0.5) is 4.79 Å². The monoisotopic (exact) mass is 346 g/mol. The third-order valence-corrected chi connectivity index (χ3v) is 4.77. The van der Waals surface area contributed by atoms with Crippen molar-refractivity contribution < 1.29 is 14.3 Å². The number of carbonyl (C=O) groups is 2. The van der Waals surface area contributed by atoms with Gasteiger partial charge >= 0.3 is 6.03 Å². The molecule has 2 N–H and O–H groups in total. The number of thiophene rings is 1. The summed E-state index contributed by atoms with van der Waals surface area (Å²) in [6.07, 6.45) is 1.49. The number of amides is 2. The van der Waals surface area contributed by atoms with Crippen LogP contribution in [0.1, 0.15) is 27.0 Å². The van der Waals surface area contributed by atoms with Crippen molar-refractivity contribution in [1.29, 1.82) is 0 Å². The number of ketones is 1. The van der Waals surface area contributed by atoms with Crippen molar-refractivity contribution in [2.45, 2.75) is 19.8 Å². The van der Waals surface area contributed by atoms with Crippen LogP contribution in [0.2, 0.25) is 0 Å². The van der Waals surface area contributed by atoms with Crippen LogP contribution in [-0.4, -0.2) is 32.0 Å². The topological polar surface area (TPSA) is 67.4 Å². The number of benzene rings is 1. The first-order valence-corrected chi connectivity index (χ1v) is 8.64. The Morgan fingerprint density at radius 1 is 1.00 bits per heavy atom. The normalized spacial score (nSPS) is 10.2. The molecule has 0 bridgehead atoms. The first kappa shape index (κ1) is 18.0. The second kappa shape index (κ2) is 9.08. The van der Waals surface area contributed by atoms with Crippen LogP contribution in [0.3, 0.4) is 0 Å². The van der Waals surface area contributed by atoms with E-state index in [1.165, 1.54) is 11.3 Å². The number of ether oxygens (including phenoxy) is 1. The molecular formula is C18H22N2O3S. The van der Waals surface area contributed by atoms with Crippen molar-refractivity contribution in [3.8, 4) is 5.75 Å². The number of hydrogen-bond acceptors (Lipinski definition) is 4. The van der Waals surface area contributed by atoms with E-state index in [1.807, 2.05) is 36.4 Å². The first-order chi connectivity index (χ1) is 11.6. The standard InChI is InChI=1S/C18H22N2O3S/c1-13(21)17-8-7-16(24-17)10-12-20-18(22)19-11-9-14-3-5-15(23-2)6-4-14/h3-8H,9-12H2,1-2H3,(H2,19,20,22). The van der Waals surface area contributed by atoms with Gasteiger partial charge in [0.15, 0.2) is 5.78 Å². The molecule has 6 heteroatoms. The van der Waals surface area contributed by atoms with Gasteiger partial charge in [-0.3, -0.25) is 4.79 Å². The van der Waals surface area contributed by atoms with Gasteiger partial charge in [0.2, 0.25) is 0 Å². The summed E-state index contributed by atoms with van der Waals surface area (Å²) in [6, 6.07) is 11.4. The molecule has 128 valence electrons. The maximum absolute atomic E-state index is 11.7. The maximum Gasteiger partial charge on any atom is 0.314 e. The molecule has 0 aliphatic rings. The summed E-state index contributed by atoms with van der Waals surface area (Å²) >= 11 is 1.48. The average Bonchev–Trinajstić information content (AvgIpc) is 3.05. The SMILES string of the molecule is COc1ccc(CCNC(=O)NCCc2ccc(C(C)=O)s2)cc1. The lowest BCUT2D eigenvalue weighted by Gasteiger charge is -2.07. The maximum atomic E-state index is 11.7. The Bertz CT molecular complexity index is 680. The highest BCUT2D eigenvalue weighted by molar-refractivity contribution is 7.14. The van der Waals surface area contributed by atoms with Crippen molar-refractivity contribution in [1.82, 2.24) is 10.6 Å². The molecule has 1 aromatic heterocycles. The molecule has 0 saturated heterocycles. The van der Waals surface area contributed by atoms with Crippen LogP contribution in [0.15, 0.2) is 36.4 Å². The summed E-state index contributed by atoms with van der Waals surface area (Å²) in [4.78, 5) is 24.8. The minimum atomic E-state index is -0.174. The van der Waals surface area contributed by atoms with Gasteiger partial charge in [0, 0.05) is 18.0 Å². The van der Waals surface area contributed by atoms with E-state index in [2.05, 4.69) is 10.6 Å². The van der Waals surface area contributed by atoms with Crippen LogP contribution in [0, 0.1) is 0 Å². The highest BCUT2D eigenvalue weighted by atomic mass is 32.1. The van der Waals surface area contributed by atoms with Crippen molar-refractivity contribution in [3.05, 3.63) is 51.7 Å². The predicted molar refractivity (Wildman–Crippen MR) is 96.1 cm³/mol. The molecule has 24 heavy (non-hydrogen) atoms. The molecule has 5 nitrogen and oxygen atoms in total. The molecular weight excluding hydrogens is 324 g/mol. The molecule has 0 fully saturated rings. The predicted octanol–water partition coefficient (Wildman–Crippen LogP) is 3.04. The Kier molecular flexibility index (Phi) is 6.81. The minimum Gasteiger partial charge on any atom is -0.497 e. The summed E-state index contributed by atoms with van der Waals surface area (Å²) < 4.78 is 5.11. The second-order valence-electron chi connectivity index (χ2n) is 5.35. The number of carbonyl (C=O) groups excluding carboxylic acids is 2. The fourth-order valence-corrected chi connectivity index (χ4v) is 3.08. The molecule has 2 aromatic rings. The van der Waals surface area contributed by atoms with Gasteiger partial charge in [-0.15, -0.1) is 11.3 Å². The number of Topliss-reactive ketones (excluding diaryl/α,β-unsaturated/α-hetero) is 1. The zero-order valence-electron chi connectivity index (χ0n) is 13.9. The van der Waals surface area contributed by atoms with Gasteiger partial charge in [-0.25, -0.2) is 4.79 Å². The zero-order chi connectivity index (χ0) is 17.4. The van der Waals surface area contributed by atoms with Crippen LogP contribution in [-0.2, 0) is 12.8 Å². The van der Waals surface area contributed by atoms with E-state index < -0.39 is 0 Å². The van der Waals surface area contributed by atoms with Crippen molar-refractivity contribution >= 4 is 23.2 Å². The minimum absolute atomic E-state index is 0.0792. The molecule has 0 atom stereocenters. The van der Waals surface area contributed by atoms with Crippen LogP contribution >= 0.6 is 11.3 Å². The number of urea groups is 1. The molecule has 1 aromatic carbocycles. The molecule has 0 spiro atoms. The molecule has 0 unspecified atom stereocenters. The van der Waals surface area contributed by atoms with E-state index in [-0.39, 0.29) is 11.8 Å². The second-order valence-corrected chi connectivity index (χ2v) is 6.52. The van der Waals surface area contributed by atoms with E-state index in [0.717, 1.165) is 33.9 Å². The Morgan fingerprint density at radius 3 is 2.25 bits per heavy atom. The van der Waals surface area contributed by atoms with Gasteiger partial charge in [-0.05, 0) is 49.6 Å². The van der Waals surface area contributed by atoms with E-state index >= 15 is 0 Å². The Balaban J connectivity index is 1.63.